The molecule has 3 heterocycles. The summed E-state index contributed by atoms with van der Waals surface area (Å²) in [7, 11) is 0. The maximum Gasteiger partial charge on any atom is 0.257 e. The van der Waals surface area contributed by atoms with E-state index in [1.807, 2.05) is 37.3 Å². The standard InChI is InChI=1S/C18H18N6O/c1-12-15(10-21-24(12)14-5-3-2-4-6-14)17(25)23-8-7-13-9-20-18(19)22-16(13)11-23/h2-6,9-10H,7-8,11H2,1H3,(H2,19,20,22). The number of fused-ring (bicyclic) bond motifs is 1. The Hall–Kier alpha value is -3.22. The van der Waals surface area contributed by atoms with E-state index in [2.05, 4.69) is 15.1 Å². The van der Waals surface area contributed by atoms with Crippen LogP contribution in [0.1, 0.15) is 27.3 Å². The Labute approximate surface area is 145 Å². The number of nitrogens with two attached hydrogens (primary N) is 1. The van der Waals surface area contributed by atoms with Crippen molar-refractivity contribution in [2.24, 2.45) is 0 Å². The Morgan fingerprint density at radius 3 is 2.80 bits per heavy atom. The number of nitrogen functional groups attached to an aromatic ring is 1. The average Bonchev–Trinajstić information content (AvgIpc) is 3.02. The van der Waals surface area contributed by atoms with Crippen LogP contribution in [0.5, 0.6) is 0 Å². The van der Waals surface area contributed by atoms with Crippen LogP contribution in [-0.4, -0.2) is 37.1 Å². The molecular weight excluding hydrogens is 316 g/mol. The number of carbonyl (C=O) groups excluding carboxylic acids is 1. The molecule has 7 heteroatoms. The number of anilines is 1. The maximum absolute atomic E-state index is 13.0. The molecule has 3 aromatic rings. The fraction of sp³-hybridized carbons (Fsp3) is 0.222. The van der Waals surface area contributed by atoms with E-state index in [-0.39, 0.29) is 11.9 Å². The highest BCUT2D eigenvalue weighted by molar-refractivity contribution is 5.95. The van der Waals surface area contributed by atoms with Crippen molar-refractivity contribution >= 4 is 11.9 Å². The molecule has 4 rings (SSSR count). The lowest BCUT2D eigenvalue weighted by Gasteiger charge is -2.27. The number of nitrogens with zero attached hydrogens (tertiary/aromatic N) is 5. The Balaban J connectivity index is 1.61. The molecular formula is C18H18N6O. The summed E-state index contributed by atoms with van der Waals surface area (Å²) < 4.78 is 1.78. The van der Waals surface area contributed by atoms with Gasteiger partial charge in [0.1, 0.15) is 0 Å². The Bertz CT molecular complexity index is 934. The lowest BCUT2D eigenvalue weighted by Crippen LogP contribution is -2.36. The lowest BCUT2D eigenvalue weighted by molar-refractivity contribution is 0.0731. The largest absolute Gasteiger partial charge is 0.368 e. The topological polar surface area (TPSA) is 89.9 Å². The molecule has 2 aromatic heterocycles. The number of para-hydroxylation sites is 1. The van der Waals surface area contributed by atoms with Gasteiger partial charge in [-0.3, -0.25) is 4.79 Å². The smallest absolute Gasteiger partial charge is 0.257 e. The summed E-state index contributed by atoms with van der Waals surface area (Å²) >= 11 is 0. The van der Waals surface area contributed by atoms with Crippen molar-refractivity contribution in [3.05, 3.63) is 65.2 Å². The molecule has 0 spiro atoms. The van der Waals surface area contributed by atoms with Crippen molar-refractivity contribution < 1.29 is 4.79 Å². The molecule has 0 saturated carbocycles. The average molecular weight is 334 g/mol. The van der Waals surface area contributed by atoms with E-state index in [0.717, 1.165) is 29.1 Å². The van der Waals surface area contributed by atoms with E-state index < -0.39 is 0 Å². The molecule has 0 atom stereocenters. The molecule has 0 fully saturated rings. The Kier molecular flexibility index (Phi) is 3.68. The molecule has 0 radical (unpaired) electrons. The van der Waals surface area contributed by atoms with E-state index in [1.54, 1.807) is 22.0 Å². The van der Waals surface area contributed by atoms with Gasteiger partial charge in [-0.15, -0.1) is 0 Å². The number of hydrogen-bond donors (Lipinski definition) is 1. The summed E-state index contributed by atoms with van der Waals surface area (Å²) in [6.45, 7) is 2.98. The van der Waals surface area contributed by atoms with Crippen LogP contribution in [-0.2, 0) is 13.0 Å². The van der Waals surface area contributed by atoms with Gasteiger partial charge in [0.05, 0.1) is 35.4 Å². The predicted molar refractivity (Wildman–Crippen MR) is 93.2 cm³/mol. The van der Waals surface area contributed by atoms with Gasteiger partial charge < -0.3 is 10.6 Å². The summed E-state index contributed by atoms with van der Waals surface area (Å²) in [6, 6.07) is 9.77. The van der Waals surface area contributed by atoms with Gasteiger partial charge in [0.2, 0.25) is 5.95 Å². The number of hydrogen-bond acceptors (Lipinski definition) is 5. The third-order valence-corrected chi connectivity index (χ3v) is 4.49. The van der Waals surface area contributed by atoms with Gasteiger partial charge in [0, 0.05) is 12.7 Å². The molecule has 0 unspecified atom stereocenters. The summed E-state index contributed by atoms with van der Waals surface area (Å²) in [6.07, 6.45) is 4.11. The second kappa shape index (κ2) is 6.01. The lowest BCUT2D eigenvalue weighted by atomic mass is 10.1. The van der Waals surface area contributed by atoms with Crippen LogP contribution in [0.2, 0.25) is 0 Å². The van der Waals surface area contributed by atoms with Gasteiger partial charge in [0.15, 0.2) is 0 Å². The zero-order chi connectivity index (χ0) is 17.4. The van der Waals surface area contributed by atoms with Crippen molar-refractivity contribution in [2.45, 2.75) is 19.9 Å². The minimum Gasteiger partial charge on any atom is -0.368 e. The first-order valence-electron chi connectivity index (χ1n) is 8.13. The summed E-state index contributed by atoms with van der Waals surface area (Å²) in [5.41, 5.74) is 9.90. The van der Waals surface area contributed by atoms with Crippen molar-refractivity contribution in [2.75, 3.05) is 12.3 Å². The maximum atomic E-state index is 13.0. The fourth-order valence-corrected chi connectivity index (χ4v) is 3.11. The van der Waals surface area contributed by atoms with Gasteiger partial charge in [-0.25, -0.2) is 14.6 Å². The van der Waals surface area contributed by atoms with Gasteiger partial charge in [0.25, 0.3) is 5.91 Å². The molecule has 1 amide bonds. The van der Waals surface area contributed by atoms with Crippen LogP contribution < -0.4 is 5.73 Å². The van der Waals surface area contributed by atoms with Crippen molar-refractivity contribution in [1.82, 2.24) is 24.6 Å². The summed E-state index contributed by atoms with van der Waals surface area (Å²) in [4.78, 5) is 23.0. The van der Waals surface area contributed by atoms with E-state index in [1.165, 1.54) is 0 Å². The first kappa shape index (κ1) is 15.3. The first-order valence-corrected chi connectivity index (χ1v) is 8.13. The molecule has 0 saturated heterocycles. The third kappa shape index (κ3) is 2.73. The van der Waals surface area contributed by atoms with Gasteiger partial charge in [-0.05, 0) is 31.0 Å². The Morgan fingerprint density at radius 2 is 2.00 bits per heavy atom. The SMILES string of the molecule is Cc1c(C(=O)N2CCc3cnc(N)nc3C2)cnn1-c1ccccc1. The molecule has 25 heavy (non-hydrogen) atoms. The van der Waals surface area contributed by atoms with Crippen molar-refractivity contribution in [3.8, 4) is 5.69 Å². The normalized spacial score (nSPS) is 13.6. The predicted octanol–water partition coefficient (Wildman–Crippen LogP) is 1.75. The quantitative estimate of drug-likeness (QED) is 0.771. The zero-order valence-corrected chi connectivity index (χ0v) is 13.9. The van der Waals surface area contributed by atoms with E-state index in [9.17, 15) is 4.79 Å². The van der Waals surface area contributed by atoms with E-state index in [0.29, 0.717) is 18.7 Å². The second-order valence-electron chi connectivity index (χ2n) is 6.07. The highest BCUT2D eigenvalue weighted by atomic mass is 16.2. The molecule has 1 aliphatic heterocycles. The van der Waals surface area contributed by atoms with Crippen LogP contribution in [0.25, 0.3) is 5.69 Å². The van der Waals surface area contributed by atoms with E-state index >= 15 is 0 Å². The van der Waals surface area contributed by atoms with E-state index in [4.69, 9.17) is 5.73 Å². The van der Waals surface area contributed by atoms with Crippen LogP contribution in [0, 0.1) is 6.92 Å². The summed E-state index contributed by atoms with van der Waals surface area (Å²) in [5, 5.41) is 4.38. The fourth-order valence-electron chi connectivity index (χ4n) is 3.11. The first-order chi connectivity index (χ1) is 12.1. The van der Waals surface area contributed by atoms with Crippen molar-refractivity contribution in [1.29, 1.82) is 0 Å². The molecule has 1 aliphatic rings. The third-order valence-electron chi connectivity index (χ3n) is 4.49. The van der Waals surface area contributed by atoms with Crippen LogP contribution in [0.4, 0.5) is 5.95 Å². The van der Waals surface area contributed by atoms with Gasteiger partial charge >= 0.3 is 0 Å². The molecule has 1 aromatic carbocycles. The second-order valence-corrected chi connectivity index (χ2v) is 6.07. The van der Waals surface area contributed by atoms with Gasteiger partial charge in [-0.1, -0.05) is 18.2 Å². The minimum atomic E-state index is -0.0393. The van der Waals surface area contributed by atoms with Crippen LogP contribution >= 0.6 is 0 Å². The highest BCUT2D eigenvalue weighted by Gasteiger charge is 2.26. The number of amides is 1. The number of rotatable bonds is 2. The summed E-state index contributed by atoms with van der Waals surface area (Å²) in [5.74, 6) is 0.198. The van der Waals surface area contributed by atoms with Crippen LogP contribution in [0.3, 0.4) is 0 Å². The van der Waals surface area contributed by atoms with Crippen LogP contribution in [0.15, 0.2) is 42.7 Å². The molecule has 2 N–H and O–H groups in total. The molecule has 0 aliphatic carbocycles. The molecule has 0 bridgehead atoms. The molecule has 126 valence electrons. The number of benzene rings is 1. The van der Waals surface area contributed by atoms with Crippen molar-refractivity contribution in [3.63, 3.8) is 0 Å². The number of aromatic nitrogens is 4. The zero-order valence-electron chi connectivity index (χ0n) is 13.9. The number of carbonyl (C=O) groups is 1. The minimum absolute atomic E-state index is 0.0393. The molecule has 7 nitrogen and oxygen atoms in total. The van der Waals surface area contributed by atoms with Gasteiger partial charge in [-0.2, -0.15) is 5.10 Å². The highest BCUT2D eigenvalue weighted by Crippen LogP contribution is 2.21. The Morgan fingerprint density at radius 1 is 1.20 bits per heavy atom. The monoisotopic (exact) mass is 334 g/mol.